The molecule has 0 aromatic rings. The number of primary amides is 1. The first-order chi connectivity index (χ1) is 14.2. The quantitative estimate of drug-likeness (QED) is 0.151. The number of carboxylic acids is 2. The Morgan fingerprint density at radius 1 is 0.839 bits per heavy atom. The topological polar surface area (TPSA) is 231 Å². The van der Waals surface area contributed by atoms with E-state index >= 15 is 0 Å². The first-order valence-electron chi connectivity index (χ1n) is 9.64. The lowest BCUT2D eigenvalue weighted by molar-refractivity contribution is -0.143. The maximum Gasteiger partial charge on any atom is 0.326 e. The van der Waals surface area contributed by atoms with Gasteiger partial charge in [-0.05, 0) is 25.7 Å². The minimum absolute atomic E-state index is 0.0137. The van der Waals surface area contributed by atoms with E-state index in [1.807, 2.05) is 0 Å². The first kappa shape index (κ1) is 27.8. The van der Waals surface area contributed by atoms with Crippen molar-refractivity contribution in [2.24, 2.45) is 17.4 Å². The van der Waals surface area contributed by atoms with Crippen molar-refractivity contribution in [2.75, 3.05) is 0 Å². The molecule has 0 saturated carbocycles. The van der Waals surface area contributed by atoms with Gasteiger partial charge in [-0.3, -0.25) is 24.0 Å². The van der Waals surface area contributed by atoms with Crippen molar-refractivity contribution in [1.29, 1.82) is 0 Å². The van der Waals surface area contributed by atoms with Crippen LogP contribution >= 0.6 is 0 Å². The van der Waals surface area contributed by atoms with Crippen molar-refractivity contribution in [3.8, 4) is 0 Å². The molecule has 0 spiro atoms. The van der Waals surface area contributed by atoms with Crippen LogP contribution in [0.5, 0.6) is 0 Å². The summed E-state index contributed by atoms with van der Waals surface area (Å²) in [5, 5.41) is 24.9. The molecule has 4 amide bonds. The number of nitrogens with two attached hydrogens (primary N) is 2. The summed E-state index contributed by atoms with van der Waals surface area (Å²) in [7, 11) is 0. The van der Waals surface area contributed by atoms with Crippen LogP contribution in [0.1, 0.15) is 46.5 Å². The molecule has 0 aromatic heterocycles. The van der Waals surface area contributed by atoms with Crippen LogP contribution in [0.4, 0.5) is 0 Å². The number of carbonyl (C=O) groups is 6. The second kappa shape index (κ2) is 13.2. The summed E-state index contributed by atoms with van der Waals surface area (Å²) >= 11 is 0. The normalized spacial score (nSPS) is 14.6. The van der Waals surface area contributed by atoms with Gasteiger partial charge in [0.1, 0.15) is 18.1 Å². The van der Waals surface area contributed by atoms with Gasteiger partial charge < -0.3 is 37.6 Å². The highest BCUT2D eigenvalue weighted by molar-refractivity contribution is 5.95. The van der Waals surface area contributed by atoms with Crippen molar-refractivity contribution < 1.29 is 39.0 Å². The maximum atomic E-state index is 12.4. The minimum atomic E-state index is -1.55. The molecule has 31 heavy (non-hydrogen) atoms. The van der Waals surface area contributed by atoms with Crippen molar-refractivity contribution in [3.63, 3.8) is 0 Å². The van der Waals surface area contributed by atoms with E-state index in [1.165, 1.54) is 6.92 Å². The highest BCUT2D eigenvalue weighted by atomic mass is 16.4. The van der Waals surface area contributed by atoms with Gasteiger partial charge in [-0.15, -0.1) is 0 Å². The molecule has 4 unspecified atom stereocenters. The Kier molecular flexibility index (Phi) is 11.8. The average molecular weight is 445 g/mol. The summed E-state index contributed by atoms with van der Waals surface area (Å²) in [5.41, 5.74) is 10.6. The highest BCUT2D eigenvalue weighted by Crippen LogP contribution is 2.05. The Hall–Kier alpha value is -3.22. The number of rotatable bonds is 14. The number of carboxylic acid groups (broad SMARTS) is 2. The Morgan fingerprint density at radius 2 is 1.39 bits per heavy atom. The van der Waals surface area contributed by atoms with Crippen molar-refractivity contribution >= 4 is 35.6 Å². The van der Waals surface area contributed by atoms with E-state index in [9.17, 15) is 33.9 Å². The third-order valence-corrected chi connectivity index (χ3v) is 4.12. The highest BCUT2D eigenvalue weighted by Gasteiger charge is 2.29. The van der Waals surface area contributed by atoms with Gasteiger partial charge in [0.15, 0.2) is 0 Å². The molecule has 0 aliphatic carbocycles. The lowest BCUT2D eigenvalue weighted by Crippen LogP contribution is -2.56. The van der Waals surface area contributed by atoms with Crippen LogP contribution < -0.4 is 27.4 Å². The zero-order valence-electron chi connectivity index (χ0n) is 17.7. The average Bonchev–Trinajstić information content (AvgIpc) is 2.63. The molecule has 0 aromatic carbocycles. The van der Waals surface area contributed by atoms with Crippen molar-refractivity contribution in [2.45, 2.75) is 70.6 Å². The Labute approximate surface area is 179 Å². The first-order valence-corrected chi connectivity index (χ1v) is 9.64. The number of carbonyl (C=O) groups excluding carboxylic acids is 4. The fourth-order valence-corrected chi connectivity index (χ4v) is 2.46. The third kappa shape index (κ3) is 11.5. The molecule has 0 heterocycles. The summed E-state index contributed by atoms with van der Waals surface area (Å²) < 4.78 is 0. The maximum absolute atomic E-state index is 12.4. The minimum Gasteiger partial charge on any atom is -0.481 e. The van der Waals surface area contributed by atoms with Gasteiger partial charge in [0, 0.05) is 6.42 Å². The smallest absolute Gasteiger partial charge is 0.326 e. The molecule has 9 N–H and O–H groups in total. The van der Waals surface area contributed by atoms with Gasteiger partial charge in [0.2, 0.25) is 23.6 Å². The molecule has 0 rings (SSSR count). The fraction of sp³-hybridized carbons (Fsp3) is 0.667. The zero-order valence-corrected chi connectivity index (χ0v) is 17.7. The zero-order chi connectivity index (χ0) is 24.3. The molecular formula is C18H31N5O8. The van der Waals surface area contributed by atoms with Crippen molar-refractivity contribution in [1.82, 2.24) is 16.0 Å². The number of aliphatic carboxylic acids is 2. The number of amides is 4. The lowest BCUT2D eigenvalue weighted by atomic mass is 10.0. The van der Waals surface area contributed by atoms with Crippen LogP contribution in [0.2, 0.25) is 0 Å². The number of hydrogen-bond acceptors (Lipinski definition) is 7. The fourth-order valence-electron chi connectivity index (χ4n) is 2.46. The predicted molar refractivity (Wildman–Crippen MR) is 107 cm³/mol. The molecule has 0 aliphatic rings. The van der Waals surface area contributed by atoms with Crippen LogP contribution in [0.25, 0.3) is 0 Å². The Balaban J connectivity index is 5.07. The molecule has 0 fully saturated rings. The van der Waals surface area contributed by atoms with E-state index in [4.69, 9.17) is 16.6 Å². The molecule has 0 saturated heterocycles. The van der Waals surface area contributed by atoms with E-state index in [0.717, 1.165) is 0 Å². The largest absolute Gasteiger partial charge is 0.481 e. The van der Waals surface area contributed by atoms with Gasteiger partial charge in [0.25, 0.3) is 0 Å². The van der Waals surface area contributed by atoms with E-state index < -0.39 is 66.2 Å². The van der Waals surface area contributed by atoms with Crippen LogP contribution in [-0.2, 0) is 28.8 Å². The summed E-state index contributed by atoms with van der Waals surface area (Å²) in [6, 6.07) is -5.13. The van der Waals surface area contributed by atoms with Gasteiger partial charge in [-0.2, -0.15) is 0 Å². The number of hydrogen-bond donors (Lipinski definition) is 7. The van der Waals surface area contributed by atoms with Gasteiger partial charge >= 0.3 is 11.9 Å². The molecule has 176 valence electrons. The van der Waals surface area contributed by atoms with Crippen LogP contribution in [0, 0.1) is 5.92 Å². The summed E-state index contributed by atoms with van der Waals surface area (Å²) in [4.78, 5) is 69.9. The van der Waals surface area contributed by atoms with Crippen molar-refractivity contribution in [3.05, 3.63) is 0 Å². The van der Waals surface area contributed by atoms with E-state index in [0.29, 0.717) is 0 Å². The summed E-state index contributed by atoms with van der Waals surface area (Å²) in [6.45, 7) is 4.83. The summed E-state index contributed by atoms with van der Waals surface area (Å²) in [5.74, 6) is -5.97. The second-order valence-corrected chi connectivity index (χ2v) is 7.53. The molecule has 0 aliphatic heterocycles. The van der Waals surface area contributed by atoms with Crippen LogP contribution in [0.3, 0.4) is 0 Å². The predicted octanol–water partition coefficient (Wildman–Crippen LogP) is -2.34. The monoisotopic (exact) mass is 445 g/mol. The van der Waals surface area contributed by atoms with E-state index in [2.05, 4.69) is 16.0 Å². The number of nitrogens with one attached hydrogen (secondary N) is 3. The molecule has 0 bridgehead atoms. The SMILES string of the molecule is CC(C)CC(NC(=O)C(C)NC(=O)C(CC(=O)O)NC(=O)C(N)CCC(N)=O)C(=O)O. The molecule has 4 atom stereocenters. The van der Waals surface area contributed by atoms with Gasteiger partial charge in [0.05, 0.1) is 12.5 Å². The van der Waals surface area contributed by atoms with E-state index in [-0.39, 0.29) is 25.2 Å². The summed E-state index contributed by atoms with van der Waals surface area (Å²) in [6.07, 6.45) is -0.904. The molecule has 13 nitrogen and oxygen atoms in total. The molecular weight excluding hydrogens is 414 g/mol. The lowest BCUT2D eigenvalue weighted by Gasteiger charge is -2.23. The molecule has 13 heteroatoms. The standard InChI is InChI=1S/C18H31N5O8/c1-8(2)6-12(18(30)31)23-15(27)9(3)21-17(29)11(7-14(25)26)22-16(28)10(19)4-5-13(20)24/h8-12H,4-7,19H2,1-3H3,(H2,20,24)(H,21,29)(H,22,28)(H,23,27)(H,25,26)(H,30,31). The Bertz CT molecular complexity index is 696. The van der Waals surface area contributed by atoms with E-state index in [1.54, 1.807) is 13.8 Å². The Morgan fingerprint density at radius 3 is 1.84 bits per heavy atom. The van der Waals surface area contributed by atoms with Crippen LogP contribution in [-0.4, -0.2) is 69.9 Å². The second-order valence-electron chi connectivity index (χ2n) is 7.53. The van der Waals surface area contributed by atoms with Crippen LogP contribution in [0.15, 0.2) is 0 Å². The van der Waals surface area contributed by atoms with Gasteiger partial charge in [-0.1, -0.05) is 13.8 Å². The third-order valence-electron chi connectivity index (χ3n) is 4.12. The molecule has 0 radical (unpaired) electrons. The van der Waals surface area contributed by atoms with Gasteiger partial charge in [-0.25, -0.2) is 4.79 Å².